The van der Waals surface area contributed by atoms with Crippen LogP contribution in [0.25, 0.3) is 0 Å². The molecule has 0 spiro atoms. The Morgan fingerprint density at radius 2 is 1.77 bits per heavy atom. The van der Waals surface area contributed by atoms with Crippen LogP contribution in [0.3, 0.4) is 0 Å². The first-order chi connectivity index (χ1) is 14.3. The molecular formula is C22H24F2N2O3S. The predicted molar refractivity (Wildman–Crippen MR) is 110 cm³/mol. The van der Waals surface area contributed by atoms with E-state index in [1.165, 1.54) is 27.4 Å². The summed E-state index contributed by atoms with van der Waals surface area (Å²) in [7, 11) is -4.04. The zero-order valence-corrected chi connectivity index (χ0v) is 17.4. The number of amides is 1. The van der Waals surface area contributed by atoms with Crippen LogP contribution in [0.1, 0.15) is 35.2 Å². The molecule has 0 aliphatic carbocycles. The molecule has 0 bridgehead atoms. The first-order valence-electron chi connectivity index (χ1n) is 9.78. The normalized spacial score (nSPS) is 15.0. The lowest BCUT2D eigenvalue weighted by Gasteiger charge is -2.26. The molecule has 160 valence electrons. The van der Waals surface area contributed by atoms with Crippen LogP contribution in [0.15, 0.2) is 60.0 Å². The topological polar surface area (TPSA) is 57.7 Å². The fourth-order valence-electron chi connectivity index (χ4n) is 3.47. The van der Waals surface area contributed by atoms with Gasteiger partial charge in [0.2, 0.25) is 10.0 Å². The standard InChI is InChI=1S/C22H24F2N2O3S/c1-2-12-25(16-18-8-4-5-9-19(18)23)22(27)17-10-11-20(24)21(15-17)30(28,29)26-13-6-3-7-14-26/h2,4-5,8-11,15H,1,3,6-7,12-14,16H2. The second-order valence-corrected chi connectivity index (χ2v) is 9.08. The molecule has 0 radical (unpaired) electrons. The molecule has 1 heterocycles. The molecule has 0 saturated carbocycles. The minimum absolute atomic E-state index is 0.0187. The summed E-state index contributed by atoms with van der Waals surface area (Å²) in [6.07, 6.45) is 3.86. The number of carbonyl (C=O) groups excluding carboxylic acids is 1. The second kappa shape index (κ2) is 9.49. The van der Waals surface area contributed by atoms with E-state index in [1.54, 1.807) is 18.2 Å². The minimum atomic E-state index is -4.04. The van der Waals surface area contributed by atoms with Gasteiger partial charge in [-0.05, 0) is 37.1 Å². The molecule has 3 rings (SSSR count). The molecule has 0 N–H and O–H groups in total. The van der Waals surface area contributed by atoms with Crippen LogP contribution in [0.5, 0.6) is 0 Å². The van der Waals surface area contributed by atoms with Crippen molar-refractivity contribution in [3.8, 4) is 0 Å². The van der Waals surface area contributed by atoms with Gasteiger partial charge in [-0.3, -0.25) is 4.79 Å². The van der Waals surface area contributed by atoms with E-state index in [2.05, 4.69) is 6.58 Å². The van der Waals surface area contributed by atoms with Crippen LogP contribution in [0.2, 0.25) is 0 Å². The molecule has 0 atom stereocenters. The molecule has 1 fully saturated rings. The first kappa shape index (κ1) is 22.1. The molecular weight excluding hydrogens is 410 g/mol. The van der Waals surface area contributed by atoms with Gasteiger partial charge in [0, 0.05) is 37.3 Å². The third-order valence-corrected chi connectivity index (χ3v) is 6.98. The fraction of sp³-hybridized carbons (Fsp3) is 0.318. The minimum Gasteiger partial charge on any atom is -0.331 e. The summed E-state index contributed by atoms with van der Waals surface area (Å²) in [5.74, 6) is -1.89. The lowest BCUT2D eigenvalue weighted by Crippen LogP contribution is -2.36. The molecule has 1 saturated heterocycles. The maximum absolute atomic E-state index is 14.4. The number of carbonyl (C=O) groups is 1. The number of halogens is 2. The number of nitrogens with zero attached hydrogens (tertiary/aromatic N) is 2. The number of benzene rings is 2. The summed E-state index contributed by atoms with van der Waals surface area (Å²) < 4.78 is 55.5. The first-order valence-corrected chi connectivity index (χ1v) is 11.2. The van der Waals surface area contributed by atoms with E-state index in [-0.39, 0.29) is 18.7 Å². The molecule has 5 nitrogen and oxygen atoms in total. The van der Waals surface area contributed by atoms with E-state index < -0.39 is 32.5 Å². The van der Waals surface area contributed by atoms with E-state index in [4.69, 9.17) is 0 Å². The van der Waals surface area contributed by atoms with Gasteiger partial charge >= 0.3 is 0 Å². The van der Waals surface area contributed by atoms with Crippen molar-refractivity contribution in [1.29, 1.82) is 0 Å². The van der Waals surface area contributed by atoms with Crippen molar-refractivity contribution < 1.29 is 22.0 Å². The number of hydrogen-bond donors (Lipinski definition) is 0. The molecule has 30 heavy (non-hydrogen) atoms. The maximum atomic E-state index is 14.4. The van der Waals surface area contributed by atoms with Crippen molar-refractivity contribution in [1.82, 2.24) is 9.21 Å². The van der Waals surface area contributed by atoms with Crippen LogP contribution in [-0.2, 0) is 16.6 Å². The van der Waals surface area contributed by atoms with Crippen LogP contribution >= 0.6 is 0 Å². The van der Waals surface area contributed by atoms with Crippen molar-refractivity contribution in [2.45, 2.75) is 30.7 Å². The van der Waals surface area contributed by atoms with E-state index in [1.807, 2.05) is 0 Å². The van der Waals surface area contributed by atoms with Gasteiger partial charge in [0.1, 0.15) is 16.5 Å². The predicted octanol–water partition coefficient (Wildman–Crippen LogP) is 3.97. The highest BCUT2D eigenvalue weighted by Gasteiger charge is 2.30. The zero-order valence-electron chi connectivity index (χ0n) is 16.6. The van der Waals surface area contributed by atoms with Crippen LogP contribution in [0.4, 0.5) is 8.78 Å². The van der Waals surface area contributed by atoms with E-state index in [0.717, 1.165) is 31.4 Å². The molecule has 0 unspecified atom stereocenters. The monoisotopic (exact) mass is 434 g/mol. The third-order valence-electron chi connectivity index (χ3n) is 5.07. The quantitative estimate of drug-likeness (QED) is 0.620. The Balaban J connectivity index is 1.92. The summed E-state index contributed by atoms with van der Waals surface area (Å²) in [4.78, 5) is 13.9. The number of sulfonamides is 1. The number of piperidine rings is 1. The lowest BCUT2D eigenvalue weighted by atomic mass is 10.1. The summed E-state index contributed by atoms with van der Waals surface area (Å²) >= 11 is 0. The molecule has 2 aromatic rings. The number of hydrogen-bond acceptors (Lipinski definition) is 3. The van der Waals surface area contributed by atoms with Gasteiger partial charge in [-0.2, -0.15) is 4.31 Å². The van der Waals surface area contributed by atoms with Crippen LogP contribution in [0, 0.1) is 11.6 Å². The fourth-order valence-corrected chi connectivity index (χ4v) is 5.08. The molecule has 1 amide bonds. The third kappa shape index (κ3) is 4.76. The molecule has 0 aromatic heterocycles. The van der Waals surface area contributed by atoms with Crippen LogP contribution in [-0.4, -0.2) is 43.2 Å². The van der Waals surface area contributed by atoms with Gasteiger partial charge in [-0.25, -0.2) is 17.2 Å². The lowest BCUT2D eigenvalue weighted by molar-refractivity contribution is 0.0761. The molecule has 8 heteroatoms. The second-order valence-electron chi connectivity index (χ2n) is 7.18. The number of rotatable bonds is 7. The largest absolute Gasteiger partial charge is 0.331 e. The van der Waals surface area contributed by atoms with E-state index in [9.17, 15) is 22.0 Å². The zero-order chi connectivity index (χ0) is 21.7. The Bertz CT molecular complexity index is 1030. The Labute approximate surface area is 175 Å². The Morgan fingerprint density at radius 1 is 1.07 bits per heavy atom. The Morgan fingerprint density at radius 3 is 2.43 bits per heavy atom. The van der Waals surface area contributed by atoms with Crippen molar-refractivity contribution >= 4 is 15.9 Å². The van der Waals surface area contributed by atoms with E-state index in [0.29, 0.717) is 18.7 Å². The van der Waals surface area contributed by atoms with Gasteiger partial charge in [-0.15, -0.1) is 6.58 Å². The van der Waals surface area contributed by atoms with Crippen molar-refractivity contribution in [2.75, 3.05) is 19.6 Å². The summed E-state index contributed by atoms with van der Waals surface area (Å²) in [5, 5.41) is 0. The highest BCUT2D eigenvalue weighted by Crippen LogP contribution is 2.25. The summed E-state index contributed by atoms with van der Waals surface area (Å²) in [6.45, 7) is 4.38. The van der Waals surface area contributed by atoms with Crippen molar-refractivity contribution in [2.24, 2.45) is 0 Å². The molecule has 1 aliphatic heterocycles. The molecule has 1 aliphatic rings. The SMILES string of the molecule is C=CCN(Cc1ccccc1F)C(=O)c1ccc(F)c(S(=O)(=O)N2CCCCC2)c1. The van der Waals surface area contributed by atoms with Gasteiger partial charge < -0.3 is 4.90 Å². The van der Waals surface area contributed by atoms with Crippen LogP contribution < -0.4 is 0 Å². The van der Waals surface area contributed by atoms with E-state index >= 15 is 0 Å². The highest BCUT2D eigenvalue weighted by molar-refractivity contribution is 7.89. The average molecular weight is 435 g/mol. The van der Waals surface area contributed by atoms with Crippen molar-refractivity contribution in [3.63, 3.8) is 0 Å². The highest BCUT2D eigenvalue weighted by atomic mass is 32.2. The Kier molecular flexibility index (Phi) is 6.99. The Hall–Kier alpha value is -2.58. The summed E-state index contributed by atoms with van der Waals surface area (Å²) in [5.41, 5.74) is 0.334. The molecule has 2 aromatic carbocycles. The van der Waals surface area contributed by atoms with Gasteiger partial charge in [0.25, 0.3) is 5.91 Å². The summed E-state index contributed by atoms with van der Waals surface area (Å²) in [6, 6.07) is 9.37. The van der Waals surface area contributed by atoms with Gasteiger partial charge in [0.15, 0.2) is 0 Å². The maximum Gasteiger partial charge on any atom is 0.254 e. The average Bonchev–Trinajstić information content (AvgIpc) is 2.75. The van der Waals surface area contributed by atoms with Gasteiger partial charge in [-0.1, -0.05) is 30.7 Å². The van der Waals surface area contributed by atoms with Crippen molar-refractivity contribution in [3.05, 3.63) is 77.9 Å². The smallest absolute Gasteiger partial charge is 0.254 e. The van der Waals surface area contributed by atoms with Gasteiger partial charge in [0.05, 0.1) is 0 Å².